The van der Waals surface area contributed by atoms with Crippen LogP contribution in [0.5, 0.6) is 11.5 Å². The van der Waals surface area contributed by atoms with Crippen LogP contribution in [0.15, 0.2) is 46.4 Å². The van der Waals surface area contributed by atoms with Gasteiger partial charge in [-0.3, -0.25) is 0 Å². The highest BCUT2D eigenvalue weighted by atomic mass is 32.2. The first-order valence-corrected chi connectivity index (χ1v) is 8.70. The lowest BCUT2D eigenvalue weighted by Gasteiger charge is -2.08. The first-order chi connectivity index (χ1) is 11.4. The second kappa shape index (κ2) is 7.35. The average Bonchev–Trinajstić information content (AvgIpc) is 2.57. The number of hydrogen-bond donors (Lipinski definition) is 1. The summed E-state index contributed by atoms with van der Waals surface area (Å²) in [6.45, 7) is 3.78. The Kier molecular flexibility index (Phi) is 5.46. The third kappa shape index (κ3) is 4.05. The standard InChI is InChI=1S/C17H20N2O4S/c1-12-5-8-16(9-13(12)2)24(20,21)19-18-11-14-6-7-15(22-3)10-17(14)23-4/h5-11,19H,1-4H3/b18-11+. The number of hydrazone groups is 1. The lowest BCUT2D eigenvalue weighted by molar-refractivity contribution is 0.394. The Hall–Kier alpha value is -2.54. The molecule has 1 N–H and O–H groups in total. The van der Waals surface area contributed by atoms with Gasteiger partial charge in [-0.15, -0.1) is 0 Å². The summed E-state index contributed by atoms with van der Waals surface area (Å²) in [5, 5.41) is 3.82. The van der Waals surface area contributed by atoms with Gasteiger partial charge in [0.1, 0.15) is 11.5 Å². The van der Waals surface area contributed by atoms with Crippen LogP contribution in [-0.2, 0) is 10.0 Å². The molecule has 0 unspecified atom stereocenters. The van der Waals surface area contributed by atoms with E-state index in [1.165, 1.54) is 13.3 Å². The molecule has 0 bridgehead atoms. The highest BCUT2D eigenvalue weighted by molar-refractivity contribution is 7.89. The zero-order valence-electron chi connectivity index (χ0n) is 14.0. The van der Waals surface area contributed by atoms with Gasteiger partial charge in [-0.2, -0.15) is 13.5 Å². The van der Waals surface area contributed by atoms with Crippen molar-refractivity contribution in [1.29, 1.82) is 0 Å². The first kappa shape index (κ1) is 17.8. The molecule has 0 saturated heterocycles. The van der Waals surface area contributed by atoms with Crippen LogP contribution >= 0.6 is 0 Å². The van der Waals surface area contributed by atoms with Crippen molar-refractivity contribution in [2.45, 2.75) is 18.7 Å². The van der Waals surface area contributed by atoms with Gasteiger partial charge in [-0.1, -0.05) is 6.07 Å². The van der Waals surface area contributed by atoms with Crippen molar-refractivity contribution in [2.24, 2.45) is 5.10 Å². The van der Waals surface area contributed by atoms with Crippen molar-refractivity contribution in [3.05, 3.63) is 53.1 Å². The van der Waals surface area contributed by atoms with E-state index in [0.29, 0.717) is 17.1 Å². The number of hydrogen-bond acceptors (Lipinski definition) is 5. The van der Waals surface area contributed by atoms with E-state index < -0.39 is 10.0 Å². The number of sulfonamides is 1. The summed E-state index contributed by atoms with van der Waals surface area (Å²) in [6.07, 6.45) is 1.39. The summed E-state index contributed by atoms with van der Waals surface area (Å²) in [4.78, 5) is 2.38. The number of methoxy groups -OCH3 is 2. The fourth-order valence-corrected chi connectivity index (χ4v) is 2.90. The van der Waals surface area contributed by atoms with Gasteiger partial charge in [-0.05, 0) is 49.2 Å². The summed E-state index contributed by atoms with van der Waals surface area (Å²) in [7, 11) is -0.641. The minimum absolute atomic E-state index is 0.171. The van der Waals surface area contributed by atoms with Crippen molar-refractivity contribution in [2.75, 3.05) is 14.2 Å². The second-order valence-electron chi connectivity index (χ2n) is 5.21. The maximum absolute atomic E-state index is 12.3. The van der Waals surface area contributed by atoms with Gasteiger partial charge in [0.15, 0.2) is 0 Å². The fraction of sp³-hybridized carbons (Fsp3) is 0.235. The minimum atomic E-state index is -3.72. The van der Waals surface area contributed by atoms with Crippen LogP contribution in [-0.4, -0.2) is 28.9 Å². The molecule has 2 aromatic carbocycles. The van der Waals surface area contributed by atoms with Crippen LogP contribution in [0, 0.1) is 13.8 Å². The van der Waals surface area contributed by atoms with Gasteiger partial charge in [-0.25, -0.2) is 4.83 Å². The molecule has 2 aromatic rings. The number of nitrogens with zero attached hydrogens (tertiary/aromatic N) is 1. The molecule has 0 spiro atoms. The van der Waals surface area contributed by atoms with Crippen LogP contribution in [0.1, 0.15) is 16.7 Å². The Bertz CT molecular complexity index is 861. The van der Waals surface area contributed by atoms with Crippen molar-refractivity contribution in [1.82, 2.24) is 4.83 Å². The van der Waals surface area contributed by atoms with E-state index in [2.05, 4.69) is 9.93 Å². The molecule has 0 aliphatic heterocycles. The van der Waals surface area contributed by atoms with E-state index in [-0.39, 0.29) is 4.90 Å². The smallest absolute Gasteiger partial charge is 0.276 e. The first-order valence-electron chi connectivity index (χ1n) is 7.21. The van der Waals surface area contributed by atoms with Gasteiger partial charge >= 0.3 is 0 Å². The largest absolute Gasteiger partial charge is 0.497 e. The van der Waals surface area contributed by atoms with Crippen LogP contribution in [0.25, 0.3) is 0 Å². The highest BCUT2D eigenvalue weighted by Crippen LogP contribution is 2.23. The predicted octanol–water partition coefficient (Wildman–Crippen LogP) is 2.63. The quantitative estimate of drug-likeness (QED) is 0.643. The van der Waals surface area contributed by atoms with Gasteiger partial charge in [0.2, 0.25) is 0 Å². The number of rotatable bonds is 6. The number of nitrogens with one attached hydrogen (secondary N) is 1. The van der Waals surface area contributed by atoms with E-state index in [1.807, 2.05) is 13.8 Å². The molecule has 128 valence electrons. The Labute approximate surface area is 142 Å². The van der Waals surface area contributed by atoms with Crippen LogP contribution in [0.4, 0.5) is 0 Å². The minimum Gasteiger partial charge on any atom is -0.497 e. The SMILES string of the molecule is COc1ccc(/C=N/NS(=O)(=O)c2ccc(C)c(C)c2)c(OC)c1. The molecule has 24 heavy (non-hydrogen) atoms. The maximum Gasteiger partial charge on any atom is 0.276 e. The normalized spacial score (nSPS) is 11.5. The molecule has 0 amide bonds. The Balaban J connectivity index is 2.20. The number of aryl methyl sites for hydroxylation is 2. The van der Waals surface area contributed by atoms with Gasteiger partial charge in [0, 0.05) is 11.6 Å². The molecular weight excluding hydrogens is 328 g/mol. The van der Waals surface area contributed by atoms with Crippen molar-refractivity contribution >= 4 is 16.2 Å². The van der Waals surface area contributed by atoms with Gasteiger partial charge < -0.3 is 9.47 Å². The zero-order chi connectivity index (χ0) is 17.7. The van der Waals surface area contributed by atoms with E-state index in [1.54, 1.807) is 43.5 Å². The maximum atomic E-state index is 12.3. The molecule has 0 radical (unpaired) electrons. The molecule has 6 nitrogen and oxygen atoms in total. The topological polar surface area (TPSA) is 77.0 Å². The third-order valence-corrected chi connectivity index (χ3v) is 4.83. The monoisotopic (exact) mass is 348 g/mol. The van der Waals surface area contributed by atoms with Crippen molar-refractivity contribution in [3.8, 4) is 11.5 Å². The van der Waals surface area contributed by atoms with Crippen LogP contribution in [0.2, 0.25) is 0 Å². The molecule has 0 saturated carbocycles. The van der Waals surface area contributed by atoms with Crippen LogP contribution < -0.4 is 14.3 Å². The summed E-state index contributed by atoms with van der Waals surface area (Å²) in [5.74, 6) is 1.17. The lowest BCUT2D eigenvalue weighted by Crippen LogP contribution is -2.18. The molecule has 0 heterocycles. The summed E-state index contributed by atoms with van der Waals surface area (Å²) >= 11 is 0. The summed E-state index contributed by atoms with van der Waals surface area (Å²) < 4.78 is 34.9. The van der Waals surface area contributed by atoms with E-state index in [0.717, 1.165) is 11.1 Å². The van der Waals surface area contributed by atoms with E-state index in [4.69, 9.17) is 9.47 Å². The van der Waals surface area contributed by atoms with Gasteiger partial charge in [0.05, 0.1) is 25.3 Å². The molecule has 2 rings (SSSR count). The summed E-state index contributed by atoms with van der Waals surface area (Å²) in [6, 6.07) is 10.1. The zero-order valence-corrected chi connectivity index (χ0v) is 14.8. The van der Waals surface area contributed by atoms with Crippen molar-refractivity contribution < 1.29 is 17.9 Å². The molecule has 0 fully saturated rings. The van der Waals surface area contributed by atoms with E-state index in [9.17, 15) is 8.42 Å². The molecule has 7 heteroatoms. The van der Waals surface area contributed by atoms with Gasteiger partial charge in [0.25, 0.3) is 10.0 Å². The second-order valence-corrected chi connectivity index (χ2v) is 6.87. The Morgan fingerprint density at radius 3 is 2.38 bits per heavy atom. The lowest BCUT2D eigenvalue weighted by atomic mass is 10.1. The third-order valence-electron chi connectivity index (χ3n) is 3.61. The molecule has 0 aliphatic rings. The molecule has 0 aliphatic carbocycles. The highest BCUT2D eigenvalue weighted by Gasteiger charge is 2.13. The molecule has 0 atom stereocenters. The fourth-order valence-electron chi connectivity index (χ4n) is 2.02. The van der Waals surface area contributed by atoms with Crippen LogP contribution in [0.3, 0.4) is 0 Å². The number of ether oxygens (including phenoxy) is 2. The average molecular weight is 348 g/mol. The number of benzene rings is 2. The molecule has 0 aromatic heterocycles. The van der Waals surface area contributed by atoms with E-state index >= 15 is 0 Å². The summed E-state index contributed by atoms with van der Waals surface area (Å²) in [5.41, 5.74) is 2.56. The predicted molar refractivity (Wildman–Crippen MR) is 93.4 cm³/mol. The van der Waals surface area contributed by atoms with Crippen molar-refractivity contribution in [3.63, 3.8) is 0 Å². The Morgan fingerprint density at radius 2 is 1.75 bits per heavy atom. The molecular formula is C17H20N2O4S. The Morgan fingerprint density at radius 1 is 1.00 bits per heavy atom.